The molecule has 0 N–H and O–H groups in total. The summed E-state index contributed by atoms with van der Waals surface area (Å²) in [5.74, 6) is 0.151. The number of rotatable bonds is 4. The third kappa shape index (κ3) is 4.00. The third-order valence-electron chi connectivity index (χ3n) is 6.14. The van der Waals surface area contributed by atoms with E-state index < -0.39 is 0 Å². The maximum Gasteiger partial charge on any atom is 0.270 e. The predicted molar refractivity (Wildman–Crippen MR) is 123 cm³/mol. The lowest BCUT2D eigenvalue weighted by atomic mass is 10.1. The molecule has 0 aliphatic carbocycles. The summed E-state index contributed by atoms with van der Waals surface area (Å²) in [7, 11) is 0. The van der Waals surface area contributed by atoms with Gasteiger partial charge in [0.2, 0.25) is 0 Å². The van der Waals surface area contributed by atoms with E-state index >= 15 is 0 Å². The van der Waals surface area contributed by atoms with Crippen LogP contribution in [0.1, 0.15) is 38.4 Å². The molecule has 30 heavy (non-hydrogen) atoms. The van der Waals surface area contributed by atoms with Gasteiger partial charge in [0.15, 0.2) is 0 Å². The minimum absolute atomic E-state index is 0.151. The van der Waals surface area contributed by atoms with Crippen molar-refractivity contribution in [3.8, 4) is 0 Å². The number of para-hydroxylation sites is 1. The molecule has 1 aliphatic heterocycles. The van der Waals surface area contributed by atoms with Crippen LogP contribution in [0.5, 0.6) is 0 Å². The average Bonchev–Trinajstić information content (AvgIpc) is 3.01. The molecule has 4 heteroatoms. The summed E-state index contributed by atoms with van der Waals surface area (Å²) in [6.07, 6.45) is 0. The Balaban J connectivity index is 1.52. The van der Waals surface area contributed by atoms with Gasteiger partial charge in [-0.05, 0) is 56.5 Å². The first kappa shape index (κ1) is 20.3. The largest absolute Gasteiger partial charge is 0.368 e. The van der Waals surface area contributed by atoms with E-state index in [9.17, 15) is 4.79 Å². The van der Waals surface area contributed by atoms with Crippen molar-refractivity contribution in [2.75, 3.05) is 31.1 Å². The number of aromatic nitrogens is 1. The van der Waals surface area contributed by atoms with Crippen molar-refractivity contribution in [2.45, 2.75) is 34.2 Å². The number of piperazine rings is 1. The molecule has 0 unspecified atom stereocenters. The monoisotopic (exact) mass is 401 g/mol. The van der Waals surface area contributed by atoms with Crippen molar-refractivity contribution in [2.24, 2.45) is 0 Å². The summed E-state index contributed by atoms with van der Waals surface area (Å²) in [6.45, 7) is 12.4. The molecule has 3 aromatic rings. The van der Waals surface area contributed by atoms with Gasteiger partial charge in [0.05, 0.1) is 0 Å². The zero-order chi connectivity index (χ0) is 21.3. The third-order valence-corrected chi connectivity index (χ3v) is 6.14. The van der Waals surface area contributed by atoms with Gasteiger partial charge in [-0.15, -0.1) is 0 Å². The zero-order valence-corrected chi connectivity index (χ0v) is 18.5. The number of anilines is 1. The van der Waals surface area contributed by atoms with Gasteiger partial charge in [0, 0.05) is 44.1 Å². The van der Waals surface area contributed by atoms with E-state index in [2.05, 4.69) is 91.8 Å². The highest BCUT2D eigenvalue weighted by Crippen LogP contribution is 2.23. The average molecular weight is 402 g/mol. The van der Waals surface area contributed by atoms with Crippen molar-refractivity contribution >= 4 is 11.6 Å². The quantitative estimate of drug-likeness (QED) is 0.632. The fourth-order valence-electron chi connectivity index (χ4n) is 4.55. The van der Waals surface area contributed by atoms with Crippen molar-refractivity contribution in [1.82, 2.24) is 9.47 Å². The molecule has 4 nitrogen and oxygen atoms in total. The first-order chi connectivity index (χ1) is 14.4. The van der Waals surface area contributed by atoms with Crippen LogP contribution in [0.25, 0.3) is 0 Å². The van der Waals surface area contributed by atoms with Crippen LogP contribution >= 0.6 is 0 Å². The first-order valence-electron chi connectivity index (χ1n) is 10.8. The Bertz CT molecular complexity index is 1060. The van der Waals surface area contributed by atoms with Gasteiger partial charge >= 0.3 is 0 Å². The van der Waals surface area contributed by atoms with Crippen molar-refractivity contribution < 1.29 is 4.79 Å². The zero-order valence-electron chi connectivity index (χ0n) is 18.5. The number of nitrogens with zero attached hydrogens (tertiary/aromatic N) is 3. The molecular weight excluding hydrogens is 370 g/mol. The standard InChI is InChI=1S/C26H31N3O/c1-19-8-7-10-23(16-19)18-29-22(4)17-21(3)25(29)26(30)28-14-12-27(13-15-28)24-11-6-5-9-20(24)2/h5-11,16-17H,12-15,18H2,1-4H3. The lowest BCUT2D eigenvalue weighted by Gasteiger charge is -2.37. The Morgan fingerprint density at radius 3 is 2.27 bits per heavy atom. The molecule has 0 atom stereocenters. The minimum Gasteiger partial charge on any atom is -0.368 e. The molecule has 0 spiro atoms. The van der Waals surface area contributed by atoms with Crippen LogP contribution in [-0.4, -0.2) is 41.6 Å². The Hall–Kier alpha value is -3.01. The van der Waals surface area contributed by atoms with Gasteiger partial charge in [0.1, 0.15) is 5.69 Å². The van der Waals surface area contributed by atoms with Crippen molar-refractivity contribution in [1.29, 1.82) is 0 Å². The van der Waals surface area contributed by atoms with Gasteiger partial charge in [0.25, 0.3) is 5.91 Å². The topological polar surface area (TPSA) is 28.5 Å². The van der Waals surface area contributed by atoms with Crippen LogP contribution in [0.4, 0.5) is 5.69 Å². The number of amides is 1. The highest BCUT2D eigenvalue weighted by atomic mass is 16.2. The van der Waals surface area contributed by atoms with E-state index in [1.807, 2.05) is 4.90 Å². The summed E-state index contributed by atoms with van der Waals surface area (Å²) in [5, 5.41) is 0. The molecule has 1 amide bonds. The first-order valence-corrected chi connectivity index (χ1v) is 10.8. The normalized spacial score (nSPS) is 14.3. The fraction of sp³-hybridized carbons (Fsp3) is 0.346. The smallest absolute Gasteiger partial charge is 0.270 e. The lowest BCUT2D eigenvalue weighted by Crippen LogP contribution is -2.49. The van der Waals surface area contributed by atoms with Crippen LogP contribution in [0.2, 0.25) is 0 Å². The Labute approximate surface area is 179 Å². The number of hydrogen-bond donors (Lipinski definition) is 0. The van der Waals surface area contributed by atoms with Crippen LogP contribution < -0.4 is 4.90 Å². The molecule has 0 saturated carbocycles. The van der Waals surface area contributed by atoms with Crippen LogP contribution in [0.3, 0.4) is 0 Å². The SMILES string of the molecule is Cc1cccc(Cn2c(C)cc(C)c2C(=O)N2CCN(c3ccccc3C)CC2)c1. The molecule has 0 radical (unpaired) electrons. The number of carbonyl (C=O) groups excluding carboxylic acids is 1. The maximum absolute atomic E-state index is 13.5. The second-order valence-electron chi connectivity index (χ2n) is 8.46. The Kier molecular flexibility index (Phi) is 5.67. The molecule has 156 valence electrons. The molecular formula is C26H31N3O. The fourth-order valence-corrected chi connectivity index (χ4v) is 4.55. The second-order valence-corrected chi connectivity index (χ2v) is 8.46. The van der Waals surface area contributed by atoms with Gasteiger partial charge in [-0.2, -0.15) is 0 Å². The van der Waals surface area contributed by atoms with Crippen molar-refractivity contribution in [3.05, 3.63) is 88.2 Å². The summed E-state index contributed by atoms with van der Waals surface area (Å²) >= 11 is 0. The van der Waals surface area contributed by atoms with Crippen LogP contribution in [0, 0.1) is 27.7 Å². The molecule has 1 aliphatic rings. The van der Waals surface area contributed by atoms with Crippen molar-refractivity contribution in [3.63, 3.8) is 0 Å². The minimum atomic E-state index is 0.151. The molecule has 1 saturated heterocycles. The van der Waals surface area contributed by atoms with E-state index in [0.717, 1.165) is 49.7 Å². The summed E-state index contributed by atoms with van der Waals surface area (Å²) in [5.41, 5.74) is 8.07. The van der Waals surface area contributed by atoms with Crippen LogP contribution in [-0.2, 0) is 6.54 Å². The van der Waals surface area contributed by atoms with Gasteiger partial charge in [-0.25, -0.2) is 0 Å². The molecule has 1 aromatic heterocycles. The Morgan fingerprint density at radius 2 is 1.57 bits per heavy atom. The second kappa shape index (κ2) is 8.39. The Morgan fingerprint density at radius 1 is 0.833 bits per heavy atom. The number of aryl methyl sites for hydroxylation is 4. The van der Waals surface area contributed by atoms with E-state index in [1.165, 1.54) is 22.4 Å². The molecule has 0 bridgehead atoms. The number of hydrogen-bond acceptors (Lipinski definition) is 2. The highest BCUT2D eigenvalue weighted by molar-refractivity contribution is 5.94. The summed E-state index contributed by atoms with van der Waals surface area (Å²) < 4.78 is 2.18. The summed E-state index contributed by atoms with van der Waals surface area (Å²) in [6, 6.07) is 19.1. The van der Waals surface area contributed by atoms with E-state index in [4.69, 9.17) is 0 Å². The number of benzene rings is 2. The van der Waals surface area contributed by atoms with Gasteiger partial charge in [-0.3, -0.25) is 4.79 Å². The van der Waals surface area contributed by atoms with Gasteiger partial charge < -0.3 is 14.4 Å². The molecule has 4 rings (SSSR count). The lowest BCUT2D eigenvalue weighted by molar-refractivity contribution is 0.0735. The van der Waals surface area contributed by atoms with E-state index in [-0.39, 0.29) is 5.91 Å². The predicted octanol–water partition coefficient (Wildman–Crippen LogP) is 4.73. The maximum atomic E-state index is 13.5. The highest BCUT2D eigenvalue weighted by Gasteiger charge is 2.27. The van der Waals surface area contributed by atoms with Crippen LogP contribution in [0.15, 0.2) is 54.6 Å². The molecule has 1 fully saturated rings. The van der Waals surface area contributed by atoms with Gasteiger partial charge in [-0.1, -0.05) is 48.0 Å². The summed E-state index contributed by atoms with van der Waals surface area (Å²) in [4.78, 5) is 17.9. The van der Waals surface area contributed by atoms with E-state index in [1.54, 1.807) is 0 Å². The molecule has 2 heterocycles. The number of carbonyl (C=O) groups is 1. The van der Waals surface area contributed by atoms with E-state index in [0.29, 0.717) is 0 Å². The molecule has 2 aromatic carbocycles.